The van der Waals surface area contributed by atoms with E-state index in [0.29, 0.717) is 57.1 Å². The number of benzene rings is 1. The quantitative estimate of drug-likeness (QED) is 0.0943. The number of cyclic esters (lactones) is 1. The van der Waals surface area contributed by atoms with Crippen LogP contribution in [0.5, 0.6) is 0 Å². The number of fused-ring (bicyclic) bond motifs is 6. The summed E-state index contributed by atoms with van der Waals surface area (Å²) in [5.74, 6) is 4.40. The third kappa shape index (κ3) is 11.0. The molecule has 3 aliphatic heterocycles. The summed E-state index contributed by atoms with van der Waals surface area (Å²) in [5, 5.41) is 12.4. The first kappa shape index (κ1) is 53.9. The van der Waals surface area contributed by atoms with Gasteiger partial charge in [-0.2, -0.15) is 5.10 Å². The summed E-state index contributed by atoms with van der Waals surface area (Å²) in [6, 6.07) is 9.58. The van der Waals surface area contributed by atoms with E-state index >= 15 is 4.79 Å². The van der Waals surface area contributed by atoms with Crippen molar-refractivity contribution < 1.29 is 33.4 Å². The van der Waals surface area contributed by atoms with Crippen LogP contribution in [0.1, 0.15) is 97.8 Å². The molecule has 17 nitrogen and oxygen atoms in total. The van der Waals surface area contributed by atoms with Crippen LogP contribution in [0, 0.1) is 29.1 Å². The molecule has 17 heteroatoms. The molecule has 1 aromatic carbocycles. The maximum atomic E-state index is 15.5. The van der Waals surface area contributed by atoms with Crippen LogP contribution in [0.4, 0.5) is 0 Å². The summed E-state index contributed by atoms with van der Waals surface area (Å²) in [6.45, 7) is 22.1. The largest absolute Gasteiger partial charge is 0.464 e. The second kappa shape index (κ2) is 21.7. The standard InChI is InChI=1S/C55H76N10O7/c1-15-24-55(58-50(67)42(35(3)4)33-71-38-31-63(32-38)46(66)23-25-54(8,9)60(10)11)30-45-57-49(61(12)59-45)37-21-22-43-40(28-37)41(48(64(43)16-2)39-19-17-26-56-47(39)36(5)70-14)29-53(6,7)34-72-51(68)44-20-18-27-65(52(55)69)62(44)13/h15,17,19,21-22,26,28,35-36,38,42,44H,1,16,18,20,24,27,29-34H2,2-14H3,(H,58,67)/t36-,42-,44-,55?/m0/s1. The fourth-order valence-electron chi connectivity index (χ4n) is 9.94. The van der Waals surface area contributed by atoms with E-state index in [0.717, 1.165) is 39.0 Å². The molecule has 0 radical (unpaired) electrons. The number of esters is 1. The lowest BCUT2D eigenvalue weighted by atomic mass is 9.84. The Balaban J connectivity index is 1.28. The van der Waals surface area contributed by atoms with E-state index < -0.39 is 40.3 Å². The maximum Gasteiger partial charge on any atom is 0.325 e. The number of carbonyl (C=O) groups excluding carboxylic acids is 4. The Kier molecular flexibility index (Phi) is 16.2. The molecule has 0 aliphatic carbocycles. The van der Waals surface area contributed by atoms with Gasteiger partial charge in [0.15, 0.2) is 11.6 Å². The number of nitrogens with one attached hydrogen (secondary N) is 1. The fraction of sp³-hybridized carbons (Fsp3) is 0.582. The highest BCUT2D eigenvalue weighted by atomic mass is 16.5. The van der Waals surface area contributed by atoms with E-state index in [1.165, 1.54) is 0 Å². The molecule has 3 amide bonds. The number of nitrogens with zero attached hydrogens (tertiary/aromatic N) is 9. The van der Waals surface area contributed by atoms with Crippen LogP contribution in [0.15, 0.2) is 49.2 Å². The van der Waals surface area contributed by atoms with Gasteiger partial charge in [0, 0.05) is 87.4 Å². The second-order valence-electron chi connectivity index (χ2n) is 21.7. The van der Waals surface area contributed by atoms with Gasteiger partial charge in [0.2, 0.25) is 5.91 Å². The molecule has 2 fully saturated rings. The first-order valence-corrected chi connectivity index (χ1v) is 25.3. The van der Waals surface area contributed by atoms with Crippen molar-refractivity contribution in [3.05, 3.63) is 66.3 Å². The molecule has 6 bridgehead atoms. The van der Waals surface area contributed by atoms with Gasteiger partial charge in [-0.3, -0.25) is 34.1 Å². The minimum absolute atomic E-state index is 0.0382. The summed E-state index contributed by atoms with van der Waals surface area (Å²) < 4.78 is 22.4. The van der Waals surface area contributed by atoms with Gasteiger partial charge in [0.25, 0.3) is 11.8 Å². The number of methoxy groups -OCH3 is 1. The molecule has 7 rings (SSSR count). The van der Waals surface area contributed by atoms with Crippen molar-refractivity contribution in [3.8, 4) is 34.5 Å². The number of likely N-dealkylation sites (tertiary alicyclic amines) is 1. The van der Waals surface area contributed by atoms with E-state index in [-0.39, 0.29) is 56.0 Å². The van der Waals surface area contributed by atoms with Gasteiger partial charge in [-0.05, 0) is 115 Å². The molecule has 3 aliphatic rings. The summed E-state index contributed by atoms with van der Waals surface area (Å²) in [4.78, 5) is 71.1. The number of amides is 3. The van der Waals surface area contributed by atoms with E-state index in [2.05, 4.69) is 67.3 Å². The fourth-order valence-corrected chi connectivity index (χ4v) is 9.94. The summed E-state index contributed by atoms with van der Waals surface area (Å²) in [7, 11) is 9.08. The van der Waals surface area contributed by atoms with Gasteiger partial charge in [0.05, 0.1) is 48.3 Å². The molecule has 388 valence electrons. The average Bonchev–Trinajstić information content (AvgIpc) is 3.84. The Hall–Kier alpha value is -5.93. The molecular weight excluding hydrogens is 913 g/mol. The monoisotopic (exact) mass is 989 g/mol. The van der Waals surface area contributed by atoms with E-state index in [1.807, 2.05) is 72.8 Å². The lowest BCUT2D eigenvalue weighted by molar-refractivity contribution is -0.177. The highest BCUT2D eigenvalue weighted by Crippen LogP contribution is 2.42. The van der Waals surface area contributed by atoms with Crippen LogP contribution in [0.25, 0.3) is 33.5 Å². The lowest BCUT2D eigenvalue weighted by Gasteiger charge is -2.45. The Morgan fingerprint density at radius 2 is 1.85 bits per heavy atom. The van der Waals surface area contributed by atoms with Gasteiger partial charge in [-0.15, -0.1) is 6.58 Å². The molecule has 6 heterocycles. The van der Waals surface area contributed by atoms with Crippen LogP contribution in [0.3, 0.4) is 0 Å². The molecule has 1 unspecified atom stereocenters. The SMILES string of the molecule is C=CCC1(NC(=O)[C@@H](COC2CN(C(=O)C#CC(C)(C)N(C)C)C2)C(C)C)Cc2nc(n(C)n2)-c2ccc3c(c2)c(c(-c2cccnc2[C@H](C)OC)n3CC)CC(C)(C)COC(=O)[C@@H]2CCCN(C1=O)N2C. The number of ether oxygens (including phenoxy) is 3. The van der Waals surface area contributed by atoms with Crippen molar-refractivity contribution in [1.82, 2.24) is 49.4 Å². The topological polar surface area (TPSA) is 169 Å². The third-order valence-electron chi connectivity index (χ3n) is 14.9. The lowest BCUT2D eigenvalue weighted by Crippen LogP contribution is -2.67. The van der Waals surface area contributed by atoms with E-state index in [1.54, 1.807) is 46.0 Å². The van der Waals surface area contributed by atoms with E-state index in [9.17, 15) is 14.4 Å². The van der Waals surface area contributed by atoms with Crippen LogP contribution >= 0.6 is 0 Å². The molecule has 1 N–H and O–H groups in total. The van der Waals surface area contributed by atoms with Crippen LogP contribution in [0.2, 0.25) is 0 Å². The summed E-state index contributed by atoms with van der Waals surface area (Å²) >= 11 is 0. The first-order valence-electron chi connectivity index (χ1n) is 25.3. The number of aryl methyl sites for hydroxylation is 2. The molecule has 72 heavy (non-hydrogen) atoms. The van der Waals surface area contributed by atoms with Crippen molar-refractivity contribution in [3.63, 3.8) is 0 Å². The average molecular weight is 989 g/mol. The Labute approximate surface area is 425 Å². The van der Waals surface area contributed by atoms with Gasteiger partial charge < -0.3 is 29.0 Å². The number of aromatic nitrogens is 5. The van der Waals surface area contributed by atoms with Gasteiger partial charge in [-0.1, -0.05) is 39.7 Å². The minimum atomic E-state index is -1.62. The van der Waals surface area contributed by atoms with Crippen LogP contribution < -0.4 is 5.32 Å². The van der Waals surface area contributed by atoms with Gasteiger partial charge >= 0.3 is 5.97 Å². The van der Waals surface area contributed by atoms with Gasteiger partial charge in [-0.25, -0.2) is 14.7 Å². The van der Waals surface area contributed by atoms with E-state index in [4.69, 9.17) is 29.3 Å². The normalized spacial score (nSPS) is 20.9. The predicted molar refractivity (Wildman–Crippen MR) is 277 cm³/mol. The molecule has 2 saturated heterocycles. The zero-order chi connectivity index (χ0) is 52.4. The predicted octanol–water partition coefficient (Wildman–Crippen LogP) is 6.01. The molecule has 0 saturated carbocycles. The zero-order valence-electron chi connectivity index (χ0n) is 44.8. The van der Waals surface area contributed by atoms with Crippen molar-refractivity contribution in [2.24, 2.45) is 24.3 Å². The maximum absolute atomic E-state index is 15.5. The number of hydrogen-bond donors (Lipinski definition) is 1. The molecule has 3 aromatic heterocycles. The van der Waals surface area contributed by atoms with Gasteiger partial charge in [0.1, 0.15) is 11.6 Å². The number of carbonyl (C=O) groups is 4. The van der Waals surface area contributed by atoms with Crippen LogP contribution in [-0.2, 0) is 59.8 Å². The number of hydrazine groups is 1. The van der Waals surface area contributed by atoms with Crippen molar-refractivity contribution in [2.45, 2.75) is 123 Å². The number of pyridine rings is 1. The summed E-state index contributed by atoms with van der Waals surface area (Å²) in [6.07, 6.45) is 4.39. The molecular formula is C55H76N10O7. The molecule has 0 spiro atoms. The Bertz CT molecular complexity index is 2740. The third-order valence-corrected chi connectivity index (χ3v) is 14.9. The Morgan fingerprint density at radius 1 is 1.11 bits per heavy atom. The summed E-state index contributed by atoms with van der Waals surface area (Å²) in [5.41, 5.74) is 3.10. The zero-order valence-corrected chi connectivity index (χ0v) is 44.8. The second-order valence-corrected chi connectivity index (χ2v) is 21.7. The highest BCUT2D eigenvalue weighted by Gasteiger charge is 2.48. The molecule has 4 aromatic rings. The molecule has 4 atom stereocenters. The van der Waals surface area contributed by atoms with Crippen molar-refractivity contribution in [2.75, 3.05) is 61.1 Å². The first-order chi connectivity index (χ1) is 34.0. The highest BCUT2D eigenvalue weighted by molar-refractivity contribution is 5.96. The minimum Gasteiger partial charge on any atom is -0.464 e. The number of hydrogen-bond acceptors (Lipinski definition) is 12. The van der Waals surface area contributed by atoms with Crippen molar-refractivity contribution >= 4 is 34.6 Å². The number of rotatable bonds is 13. The smallest absolute Gasteiger partial charge is 0.325 e. The van der Waals surface area contributed by atoms with Crippen molar-refractivity contribution in [1.29, 1.82) is 0 Å². The Morgan fingerprint density at radius 3 is 2.51 bits per heavy atom. The van der Waals surface area contributed by atoms with Crippen LogP contribution in [-0.4, -0.2) is 152 Å². The number of likely N-dealkylation sites (N-methyl/N-ethyl adjacent to an activating group) is 1.